The van der Waals surface area contributed by atoms with E-state index in [1.54, 1.807) is 7.11 Å². The Morgan fingerprint density at radius 1 is 1.57 bits per heavy atom. The van der Waals surface area contributed by atoms with Crippen LogP contribution in [0.4, 0.5) is 0 Å². The van der Waals surface area contributed by atoms with Gasteiger partial charge in [0.1, 0.15) is 0 Å². The Morgan fingerprint density at radius 2 is 2.29 bits per heavy atom. The van der Waals surface area contributed by atoms with E-state index in [0.29, 0.717) is 0 Å². The minimum absolute atomic E-state index is 0.284. The summed E-state index contributed by atoms with van der Waals surface area (Å²) >= 11 is 0. The van der Waals surface area contributed by atoms with Gasteiger partial charge in [-0.05, 0) is 18.8 Å². The summed E-state index contributed by atoms with van der Waals surface area (Å²) in [5, 5.41) is 3.43. The average Bonchev–Trinajstić information content (AvgIpc) is 2.10. The van der Waals surface area contributed by atoms with Gasteiger partial charge in [-0.25, -0.2) is 0 Å². The van der Waals surface area contributed by atoms with E-state index in [1.807, 2.05) is 0 Å². The monoisotopic (exact) mass is 197 g/mol. The van der Waals surface area contributed by atoms with Crippen LogP contribution in [0.2, 0.25) is 0 Å². The van der Waals surface area contributed by atoms with E-state index in [1.165, 1.54) is 19.3 Å². The maximum Gasteiger partial charge on any atom is 0.0587 e. The predicted octanol–water partition coefficient (Wildman–Crippen LogP) is 2.21. The second kappa shape index (κ2) is 5.52. The molecule has 0 heterocycles. The van der Waals surface area contributed by atoms with Crippen molar-refractivity contribution in [1.82, 2.24) is 5.32 Å². The molecule has 1 unspecified atom stereocenters. The summed E-state index contributed by atoms with van der Waals surface area (Å²) in [6, 6.07) is 0. The second-order valence-corrected chi connectivity index (χ2v) is 4.51. The fourth-order valence-corrected chi connectivity index (χ4v) is 1.98. The molecule has 1 fully saturated rings. The lowest BCUT2D eigenvalue weighted by Gasteiger charge is -2.41. The van der Waals surface area contributed by atoms with Crippen LogP contribution in [-0.2, 0) is 4.74 Å². The fraction of sp³-hybridized carbons (Fsp3) is 0.833. The first kappa shape index (κ1) is 11.7. The first-order valence-corrected chi connectivity index (χ1v) is 5.56. The Bertz CT molecular complexity index is 177. The summed E-state index contributed by atoms with van der Waals surface area (Å²) < 4.78 is 5.00. The van der Waals surface area contributed by atoms with Gasteiger partial charge in [0, 0.05) is 25.6 Å². The molecule has 1 aliphatic rings. The molecule has 82 valence electrons. The molecule has 14 heavy (non-hydrogen) atoms. The fourth-order valence-electron chi connectivity index (χ4n) is 1.98. The molecular formula is C12H23NO. The zero-order chi connectivity index (χ0) is 10.4. The van der Waals surface area contributed by atoms with Gasteiger partial charge in [0.05, 0.1) is 6.61 Å². The Kier molecular flexibility index (Phi) is 4.63. The van der Waals surface area contributed by atoms with Gasteiger partial charge in [0.15, 0.2) is 0 Å². The second-order valence-electron chi connectivity index (χ2n) is 4.51. The van der Waals surface area contributed by atoms with E-state index in [4.69, 9.17) is 4.74 Å². The molecule has 1 saturated carbocycles. The quantitative estimate of drug-likeness (QED) is 0.499. The van der Waals surface area contributed by atoms with Crippen molar-refractivity contribution in [3.63, 3.8) is 0 Å². The van der Waals surface area contributed by atoms with Gasteiger partial charge in [-0.2, -0.15) is 0 Å². The molecule has 1 aliphatic carbocycles. The zero-order valence-electron chi connectivity index (χ0n) is 9.51. The van der Waals surface area contributed by atoms with Gasteiger partial charge in [0.25, 0.3) is 0 Å². The number of hydrogen-bond acceptors (Lipinski definition) is 2. The Hall–Kier alpha value is -0.340. The molecule has 0 spiro atoms. The Labute approximate surface area is 87.7 Å². The van der Waals surface area contributed by atoms with Crippen molar-refractivity contribution >= 4 is 0 Å². The van der Waals surface area contributed by atoms with Crippen LogP contribution in [0.15, 0.2) is 12.7 Å². The van der Waals surface area contributed by atoms with E-state index < -0.39 is 0 Å². The summed E-state index contributed by atoms with van der Waals surface area (Å²) in [4.78, 5) is 0. The summed E-state index contributed by atoms with van der Waals surface area (Å²) in [7, 11) is 1.74. The molecule has 0 aliphatic heterocycles. The maximum absolute atomic E-state index is 5.00. The van der Waals surface area contributed by atoms with Gasteiger partial charge < -0.3 is 10.1 Å². The highest BCUT2D eigenvalue weighted by atomic mass is 16.5. The average molecular weight is 197 g/mol. The lowest BCUT2D eigenvalue weighted by Crippen LogP contribution is -2.40. The van der Waals surface area contributed by atoms with Gasteiger partial charge in [-0.1, -0.05) is 19.4 Å². The molecule has 0 saturated heterocycles. The van der Waals surface area contributed by atoms with E-state index in [-0.39, 0.29) is 5.41 Å². The third-order valence-electron chi connectivity index (χ3n) is 3.49. The molecule has 0 amide bonds. The van der Waals surface area contributed by atoms with Crippen molar-refractivity contribution in [2.75, 3.05) is 26.8 Å². The molecule has 0 radical (unpaired) electrons. The highest BCUT2D eigenvalue weighted by Crippen LogP contribution is 2.42. The van der Waals surface area contributed by atoms with Crippen LogP contribution in [-0.4, -0.2) is 26.8 Å². The molecule has 2 nitrogen and oxygen atoms in total. The molecule has 1 rings (SSSR count). The van der Waals surface area contributed by atoms with E-state index in [0.717, 1.165) is 25.6 Å². The molecule has 2 heteroatoms. The number of nitrogens with one attached hydrogen (secondary N) is 1. The molecular weight excluding hydrogens is 174 g/mol. The predicted molar refractivity (Wildman–Crippen MR) is 60.4 cm³/mol. The molecule has 1 N–H and O–H groups in total. The Morgan fingerprint density at radius 3 is 2.71 bits per heavy atom. The number of rotatable bonds is 7. The van der Waals surface area contributed by atoms with Crippen LogP contribution in [0.5, 0.6) is 0 Å². The summed E-state index contributed by atoms with van der Waals surface area (Å²) in [5.74, 6) is 0.843. The minimum Gasteiger partial charge on any atom is -0.383 e. The van der Waals surface area contributed by atoms with Crippen molar-refractivity contribution in [2.24, 2.45) is 11.3 Å². The third-order valence-corrected chi connectivity index (χ3v) is 3.49. The highest BCUT2D eigenvalue weighted by molar-refractivity contribution is 5.00. The Balaban J connectivity index is 2.25. The summed E-state index contributed by atoms with van der Waals surface area (Å²) in [5.41, 5.74) is 0.284. The molecule has 0 aromatic rings. The van der Waals surface area contributed by atoms with Crippen molar-refractivity contribution in [1.29, 1.82) is 0 Å². The first-order valence-electron chi connectivity index (χ1n) is 5.56. The van der Waals surface area contributed by atoms with Gasteiger partial charge in [-0.3, -0.25) is 0 Å². The van der Waals surface area contributed by atoms with Crippen LogP contribution >= 0.6 is 0 Å². The van der Waals surface area contributed by atoms with Crippen molar-refractivity contribution in [3.8, 4) is 0 Å². The van der Waals surface area contributed by atoms with Crippen molar-refractivity contribution in [2.45, 2.75) is 26.2 Å². The zero-order valence-corrected chi connectivity index (χ0v) is 9.51. The SMILES string of the molecule is C=CC(C)(CNCCOC)C1CCC1. The lowest BCUT2D eigenvalue weighted by molar-refractivity contribution is 0.140. The van der Waals surface area contributed by atoms with Gasteiger partial charge >= 0.3 is 0 Å². The third kappa shape index (κ3) is 2.82. The van der Waals surface area contributed by atoms with E-state index in [9.17, 15) is 0 Å². The summed E-state index contributed by atoms with van der Waals surface area (Å²) in [6.07, 6.45) is 6.26. The van der Waals surface area contributed by atoms with E-state index >= 15 is 0 Å². The van der Waals surface area contributed by atoms with Crippen LogP contribution in [0.25, 0.3) is 0 Å². The van der Waals surface area contributed by atoms with Gasteiger partial charge in [0.2, 0.25) is 0 Å². The van der Waals surface area contributed by atoms with Crippen molar-refractivity contribution in [3.05, 3.63) is 12.7 Å². The topological polar surface area (TPSA) is 21.3 Å². The maximum atomic E-state index is 5.00. The largest absolute Gasteiger partial charge is 0.383 e. The van der Waals surface area contributed by atoms with Crippen LogP contribution < -0.4 is 5.32 Å². The molecule has 0 bridgehead atoms. The molecule has 1 atom stereocenters. The summed E-state index contributed by atoms with van der Waals surface area (Å²) in [6.45, 7) is 9.03. The van der Waals surface area contributed by atoms with Gasteiger partial charge in [-0.15, -0.1) is 6.58 Å². The smallest absolute Gasteiger partial charge is 0.0587 e. The number of ether oxygens (including phenoxy) is 1. The normalized spacial score (nSPS) is 21.3. The molecule has 0 aromatic heterocycles. The number of methoxy groups -OCH3 is 1. The highest BCUT2D eigenvalue weighted by Gasteiger charge is 2.34. The number of hydrogen-bond donors (Lipinski definition) is 1. The standard InChI is InChI=1S/C12H23NO/c1-4-12(2,11-6-5-7-11)10-13-8-9-14-3/h4,11,13H,1,5-10H2,2-3H3. The van der Waals surface area contributed by atoms with Crippen LogP contribution in [0, 0.1) is 11.3 Å². The minimum atomic E-state index is 0.284. The van der Waals surface area contributed by atoms with Crippen molar-refractivity contribution < 1.29 is 4.74 Å². The van der Waals surface area contributed by atoms with E-state index in [2.05, 4.69) is 24.9 Å². The first-order chi connectivity index (χ1) is 6.73. The lowest BCUT2D eigenvalue weighted by atomic mass is 9.66. The molecule has 0 aromatic carbocycles. The van der Waals surface area contributed by atoms with Crippen LogP contribution in [0.1, 0.15) is 26.2 Å². The van der Waals surface area contributed by atoms with Crippen LogP contribution in [0.3, 0.4) is 0 Å².